The van der Waals surface area contributed by atoms with E-state index in [1.54, 1.807) is 4.90 Å². The number of aryl methyl sites for hydroxylation is 2. The molecule has 2 aromatic rings. The van der Waals surface area contributed by atoms with E-state index in [4.69, 9.17) is 4.52 Å². The fraction of sp³-hybridized carbons (Fsp3) is 0.545. The van der Waals surface area contributed by atoms with Crippen LogP contribution in [0.3, 0.4) is 0 Å². The van der Waals surface area contributed by atoms with Gasteiger partial charge in [0.1, 0.15) is 6.54 Å². The van der Waals surface area contributed by atoms with Gasteiger partial charge in [0.05, 0.1) is 5.92 Å². The van der Waals surface area contributed by atoms with Crippen molar-refractivity contribution in [3.05, 3.63) is 35.2 Å². The van der Waals surface area contributed by atoms with Gasteiger partial charge in [0.25, 0.3) is 0 Å². The number of hydrogen-bond donors (Lipinski definition) is 0. The number of fused-ring (bicyclic) bond motifs is 1. The van der Waals surface area contributed by atoms with Crippen molar-refractivity contribution in [3.8, 4) is 11.4 Å². The third-order valence-corrected chi connectivity index (χ3v) is 6.19. The number of aromatic nitrogens is 2. The van der Waals surface area contributed by atoms with Crippen molar-refractivity contribution in [2.24, 2.45) is 5.92 Å². The summed E-state index contributed by atoms with van der Waals surface area (Å²) in [5, 5.41) is 4.12. The average Bonchev–Trinajstić information content (AvgIpc) is 3.16. The van der Waals surface area contributed by atoms with Crippen molar-refractivity contribution in [1.29, 1.82) is 0 Å². The zero-order valence-corrected chi connectivity index (χ0v) is 17.5. The Balaban J connectivity index is 1.60. The first-order chi connectivity index (χ1) is 13.9. The van der Waals surface area contributed by atoms with Crippen LogP contribution in [-0.4, -0.2) is 44.0 Å². The summed E-state index contributed by atoms with van der Waals surface area (Å²) < 4.78 is 5.48. The molecule has 2 heterocycles. The summed E-state index contributed by atoms with van der Waals surface area (Å²) in [5.74, 6) is 0.747. The van der Waals surface area contributed by atoms with Crippen molar-refractivity contribution in [2.45, 2.75) is 72.0 Å². The zero-order chi connectivity index (χ0) is 20.7. The Kier molecular flexibility index (Phi) is 5.15. The summed E-state index contributed by atoms with van der Waals surface area (Å²) in [7, 11) is 0. The van der Waals surface area contributed by atoms with E-state index in [2.05, 4.69) is 17.1 Å². The Morgan fingerprint density at radius 1 is 1.14 bits per heavy atom. The monoisotopic (exact) mass is 396 g/mol. The van der Waals surface area contributed by atoms with Gasteiger partial charge in [-0.2, -0.15) is 4.98 Å². The highest BCUT2D eigenvalue weighted by Gasteiger charge is 2.48. The molecule has 0 N–H and O–H groups in total. The molecule has 3 amide bonds. The van der Waals surface area contributed by atoms with Gasteiger partial charge in [-0.1, -0.05) is 30.1 Å². The fourth-order valence-electron chi connectivity index (χ4n) is 4.45. The van der Waals surface area contributed by atoms with Crippen LogP contribution in [0.1, 0.15) is 56.5 Å². The van der Waals surface area contributed by atoms with Crippen molar-refractivity contribution >= 4 is 11.9 Å². The van der Waals surface area contributed by atoms with Crippen molar-refractivity contribution in [3.63, 3.8) is 0 Å². The maximum Gasteiger partial charge on any atom is 0.327 e. The Labute approximate surface area is 171 Å². The molecule has 1 saturated heterocycles. The van der Waals surface area contributed by atoms with Gasteiger partial charge in [0, 0.05) is 17.6 Å². The highest BCUT2D eigenvalue weighted by atomic mass is 16.5. The first-order valence-corrected chi connectivity index (χ1v) is 10.4. The second kappa shape index (κ2) is 7.61. The second-order valence-corrected chi connectivity index (χ2v) is 8.48. The van der Waals surface area contributed by atoms with E-state index in [0.29, 0.717) is 11.7 Å². The lowest BCUT2D eigenvalue weighted by Crippen LogP contribution is -2.63. The number of urea groups is 1. The molecular formula is C22H28N4O3. The highest BCUT2D eigenvalue weighted by molar-refractivity contribution is 5.99. The van der Waals surface area contributed by atoms with Gasteiger partial charge in [-0.25, -0.2) is 4.79 Å². The van der Waals surface area contributed by atoms with Gasteiger partial charge >= 0.3 is 6.03 Å². The number of rotatable bonds is 4. The third kappa shape index (κ3) is 3.54. The van der Waals surface area contributed by atoms with Crippen LogP contribution in [0.15, 0.2) is 22.7 Å². The fourth-order valence-corrected chi connectivity index (χ4v) is 4.45. The predicted octanol–water partition coefficient (Wildman–Crippen LogP) is 4.08. The molecule has 154 valence electrons. The molecule has 0 radical (unpaired) electrons. The van der Waals surface area contributed by atoms with E-state index in [1.807, 2.05) is 39.0 Å². The number of nitrogens with zero attached hydrogens (tertiary/aromatic N) is 4. The summed E-state index contributed by atoms with van der Waals surface area (Å²) in [4.78, 5) is 33.7. The van der Waals surface area contributed by atoms with E-state index in [-0.39, 0.29) is 36.5 Å². The molecule has 2 unspecified atom stereocenters. The maximum absolute atomic E-state index is 13.1. The van der Waals surface area contributed by atoms with Gasteiger partial charge < -0.3 is 9.42 Å². The van der Waals surface area contributed by atoms with Crippen LogP contribution < -0.4 is 0 Å². The molecule has 1 aromatic carbocycles. The summed E-state index contributed by atoms with van der Waals surface area (Å²) >= 11 is 0. The molecule has 4 rings (SSSR count). The average molecular weight is 396 g/mol. The molecule has 1 aliphatic carbocycles. The minimum atomic E-state index is -0.251. The number of hydrogen-bond acceptors (Lipinski definition) is 5. The van der Waals surface area contributed by atoms with Crippen molar-refractivity contribution < 1.29 is 14.1 Å². The number of benzene rings is 1. The SMILES string of the molecule is Cc1ccc(-c2noc(CN3C(=O)N(C(C)C)C(=O)C4CCCCC43)n2)cc1C. The first kappa shape index (κ1) is 19.6. The van der Waals surface area contributed by atoms with E-state index in [9.17, 15) is 9.59 Å². The van der Waals surface area contributed by atoms with Crippen LogP contribution in [-0.2, 0) is 11.3 Å². The van der Waals surface area contributed by atoms with E-state index in [0.717, 1.165) is 36.8 Å². The molecule has 2 atom stereocenters. The van der Waals surface area contributed by atoms with Gasteiger partial charge in [-0.15, -0.1) is 0 Å². The number of carbonyl (C=O) groups is 2. The molecule has 1 aliphatic heterocycles. The predicted molar refractivity (Wildman–Crippen MR) is 108 cm³/mol. The summed E-state index contributed by atoms with van der Waals surface area (Å²) in [6.07, 6.45) is 3.72. The molecule has 2 fully saturated rings. The topological polar surface area (TPSA) is 79.5 Å². The molecule has 0 bridgehead atoms. The largest absolute Gasteiger partial charge is 0.337 e. The van der Waals surface area contributed by atoms with Crippen LogP contribution in [0.4, 0.5) is 4.79 Å². The number of imide groups is 1. The summed E-state index contributed by atoms with van der Waals surface area (Å²) in [5.41, 5.74) is 3.26. The number of carbonyl (C=O) groups excluding carboxylic acids is 2. The normalized spacial score (nSPS) is 22.4. The zero-order valence-electron chi connectivity index (χ0n) is 17.5. The molecule has 1 saturated carbocycles. The Morgan fingerprint density at radius 2 is 1.90 bits per heavy atom. The molecule has 29 heavy (non-hydrogen) atoms. The van der Waals surface area contributed by atoms with Crippen LogP contribution >= 0.6 is 0 Å². The smallest absolute Gasteiger partial charge is 0.327 e. The van der Waals surface area contributed by atoms with E-state index >= 15 is 0 Å². The van der Waals surface area contributed by atoms with Crippen LogP contribution in [0.5, 0.6) is 0 Å². The van der Waals surface area contributed by atoms with Crippen LogP contribution in [0.2, 0.25) is 0 Å². The summed E-state index contributed by atoms with van der Waals surface area (Å²) in [6, 6.07) is 5.53. The quantitative estimate of drug-likeness (QED) is 0.778. The van der Waals surface area contributed by atoms with Crippen LogP contribution in [0, 0.1) is 19.8 Å². The Bertz CT molecular complexity index is 936. The highest BCUT2D eigenvalue weighted by Crippen LogP contribution is 2.36. The van der Waals surface area contributed by atoms with E-state index in [1.165, 1.54) is 10.5 Å². The minimum Gasteiger partial charge on any atom is -0.337 e. The molecular weight excluding hydrogens is 368 g/mol. The van der Waals surface area contributed by atoms with Crippen molar-refractivity contribution in [2.75, 3.05) is 0 Å². The molecule has 0 spiro atoms. The maximum atomic E-state index is 13.1. The molecule has 7 nitrogen and oxygen atoms in total. The van der Waals surface area contributed by atoms with Gasteiger partial charge in [-0.3, -0.25) is 9.69 Å². The lowest BCUT2D eigenvalue weighted by Gasteiger charge is -2.47. The van der Waals surface area contributed by atoms with Gasteiger partial charge in [0.2, 0.25) is 17.6 Å². The standard InChI is InChI=1S/C22H28N4O3/c1-13(2)26-21(27)17-7-5-6-8-18(17)25(22(26)28)12-19-23-20(24-29-19)16-10-9-14(3)15(4)11-16/h9-11,13,17-18H,5-8,12H2,1-4H3. The van der Waals surface area contributed by atoms with Gasteiger partial charge in [-0.05, 0) is 57.7 Å². The molecule has 2 aliphatic rings. The van der Waals surface area contributed by atoms with Crippen LogP contribution in [0.25, 0.3) is 11.4 Å². The van der Waals surface area contributed by atoms with Crippen molar-refractivity contribution in [1.82, 2.24) is 19.9 Å². The molecule has 7 heteroatoms. The Morgan fingerprint density at radius 3 is 2.62 bits per heavy atom. The van der Waals surface area contributed by atoms with Gasteiger partial charge in [0.15, 0.2) is 0 Å². The lowest BCUT2D eigenvalue weighted by atomic mass is 9.81. The van der Waals surface area contributed by atoms with E-state index < -0.39 is 0 Å². The Hall–Kier alpha value is -2.70. The number of amides is 3. The lowest BCUT2D eigenvalue weighted by molar-refractivity contribution is -0.142. The molecule has 1 aromatic heterocycles. The summed E-state index contributed by atoms with van der Waals surface area (Å²) in [6.45, 7) is 8.09. The minimum absolute atomic E-state index is 0.0349. The first-order valence-electron chi connectivity index (χ1n) is 10.4. The third-order valence-electron chi connectivity index (χ3n) is 6.19. The second-order valence-electron chi connectivity index (χ2n) is 8.48.